The Morgan fingerprint density at radius 2 is 2.04 bits per heavy atom. The van der Waals surface area contributed by atoms with Gasteiger partial charge in [-0.3, -0.25) is 9.59 Å². The minimum atomic E-state index is -3.60. The number of carbonyl (C=O) groups excluding carboxylic acids is 1. The number of nitrogens with one attached hydrogen (secondary N) is 2. The predicted molar refractivity (Wildman–Crippen MR) is 101 cm³/mol. The molecule has 4 N–H and O–H groups in total. The number of carbonyl (C=O) groups is 1. The van der Waals surface area contributed by atoms with E-state index in [1.165, 1.54) is 26.2 Å². The van der Waals surface area contributed by atoms with Gasteiger partial charge in [-0.15, -0.1) is 0 Å². The van der Waals surface area contributed by atoms with Crippen LogP contribution in [0.3, 0.4) is 0 Å². The second-order valence-corrected chi connectivity index (χ2v) is 8.69. The van der Waals surface area contributed by atoms with Gasteiger partial charge in [0.15, 0.2) is 5.16 Å². The number of anilines is 2. The first-order valence-electron chi connectivity index (χ1n) is 7.42. The first kappa shape index (κ1) is 19.9. The van der Waals surface area contributed by atoms with E-state index in [0.717, 1.165) is 27.7 Å². The van der Waals surface area contributed by atoms with E-state index in [2.05, 4.69) is 15.3 Å². The van der Waals surface area contributed by atoms with Gasteiger partial charge in [0.2, 0.25) is 15.9 Å². The second kappa shape index (κ2) is 7.89. The fourth-order valence-corrected chi connectivity index (χ4v) is 3.56. The predicted octanol–water partition coefficient (Wildman–Crippen LogP) is 0.642. The summed E-state index contributed by atoms with van der Waals surface area (Å²) in [5.41, 5.74) is 6.20. The van der Waals surface area contributed by atoms with Gasteiger partial charge >= 0.3 is 0 Å². The van der Waals surface area contributed by atoms with Crippen molar-refractivity contribution in [1.29, 1.82) is 0 Å². The zero-order chi connectivity index (χ0) is 19.5. The number of aryl methyl sites for hydroxylation is 1. The number of amides is 1. The van der Waals surface area contributed by atoms with Crippen LogP contribution in [0.15, 0.2) is 39.1 Å². The zero-order valence-electron chi connectivity index (χ0n) is 14.4. The van der Waals surface area contributed by atoms with Crippen LogP contribution in [0.5, 0.6) is 0 Å². The van der Waals surface area contributed by atoms with Crippen molar-refractivity contribution < 1.29 is 13.2 Å². The van der Waals surface area contributed by atoms with Gasteiger partial charge in [-0.1, -0.05) is 17.8 Å². The van der Waals surface area contributed by atoms with E-state index in [1.807, 2.05) is 0 Å². The summed E-state index contributed by atoms with van der Waals surface area (Å²) in [5, 5.41) is 2.89. The molecule has 0 aliphatic heterocycles. The third-order valence-electron chi connectivity index (χ3n) is 3.34. The maximum atomic E-state index is 12.2. The van der Waals surface area contributed by atoms with Gasteiger partial charge in [-0.25, -0.2) is 17.7 Å². The van der Waals surface area contributed by atoms with Crippen LogP contribution < -0.4 is 16.6 Å². The maximum Gasteiger partial charge on any atom is 0.253 e. The number of benzene rings is 1. The third kappa shape index (κ3) is 4.84. The molecule has 0 aliphatic carbocycles. The standard InChI is InChI=1S/C15H19N5O4S2/c1-9-4-5-10(26(23,24)20(2)3)6-11(9)17-14(22)8-25-15-18-12(16)7-13(21)19-15/h4-7H,8H2,1-3H3,(H,17,22)(H3,16,18,19,21). The molecule has 0 saturated carbocycles. The topological polar surface area (TPSA) is 138 Å². The Morgan fingerprint density at radius 3 is 2.65 bits per heavy atom. The highest BCUT2D eigenvalue weighted by molar-refractivity contribution is 7.99. The van der Waals surface area contributed by atoms with Crippen LogP contribution in [0.2, 0.25) is 0 Å². The molecule has 0 saturated heterocycles. The average molecular weight is 397 g/mol. The van der Waals surface area contributed by atoms with Crippen molar-refractivity contribution in [3.05, 3.63) is 40.2 Å². The highest BCUT2D eigenvalue weighted by Crippen LogP contribution is 2.22. The Hall–Kier alpha value is -2.37. The summed E-state index contributed by atoms with van der Waals surface area (Å²) < 4.78 is 25.5. The molecule has 2 rings (SSSR count). The average Bonchev–Trinajstić information content (AvgIpc) is 2.54. The summed E-state index contributed by atoms with van der Waals surface area (Å²) in [6.45, 7) is 1.76. The van der Waals surface area contributed by atoms with Crippen molar-refractivity contribution in [2.24, 2.45) is 0 Å². The Kier molecular flexibility index (Phi) is 6.05. The van der Waals surface area contributed by atoms with Crippen LogP contribution in [0.1, 0.15) is 5.56 Å². The zero-order valence-corrected chi connectivity index (χ0v) is 16.1. The molecule has 0 unspecified atom stereocenters. The number of aromatic nitrogens is 2. The van der Waals surface area contributed by atoms with Gasteiger partial charge in [0.05, 0.1) is 10.6 Å². The number of hydrogen-bond donors (Lipinski definition) is 3. The summed E-state index contributed by atoms with van der Waals surface area (Å²) >= 11 is 1.01. The second-order valence-electron chi connectivity index (χ2n) is 5.58. The van der Waals surface area contributed by atoms with Gasteiger partial charge < -0.3 is 16.0 Å². The number of hydrogen-bond acceptors (Lipinski definition) is 7. The molecular formula is C15H19N5O4S2. The molecule has 2 aromatic rings. The smallest absolute Gasteiger partial charge is 0.253 e. The van der Waals surface area contributed by atoms with E-state index < -0.39 is 15.6 Å². The number of nitrogens with zero attached hydrogens (tertiary/aromatic N) is 2. The summed E-state index contributed by atoms with van der Waals surface area (Å²) in [7, 11) is -0.736. The lowest BCUT2D eigenvalue weighted by molar-refractivity contribution is -0.113. The van der Waals surface area contributed by atoms with Crippen LogP contribution in [-0.4, -0.2) is 48.4 Å². The number of aromatic amines is 1. The van der Waals surface area contributed by atoms with E-state index in [4.69, 9.17) is 5.73 Å². The highest BCUT2D eigenvalue weighted by atomic mass is 32.2. The lowest BCUT2D eigenvalue weighted by Gasteiger charge is -2.14. The van der Waals surface area contributed by atoms with Crippen LogP contribution in [0.4, 0.5) is 11.5 Å². The van der Waals surface area contributed by atoms with Crippen molar-refractivity contribution in [2.75, 3.05) is 30.9 Å². The molecule has 0 spiro atoms. The summed E-state index contributed by atoms with van der Waals surface area (Å²) in [6, 6.07) is 5.66. The van der Waals surface area contributed by atoms with Gasteiger partial charge in [0.25, 0.3) is 5.56 Å². The van der Waals surface area contributed by atoms with E-state index in [1.54, 1.807) is 13.0 Å². The van der Waals surface area contributed by atoms with Crippen molar-refractivity contribution in [3.63, 3.8) is 0 Å². The molecule has 1 amide bonds. The number of rotatable bonds is 6. The first-order valence-corrected chi connectivity index (χ1v) is 9.85. The van der Waals surface area contributed by atoms with Crippen LogP contribution in [-0.2, 0) is 14.8 Å². The van der Waals surface area contributed by atoms with Crippen LogP contribution in [0, 0.1) is 6.92 Å². The molecule has 9 nitrogen and oxygen atoms in total. The maximum absolute atomic E-state index is 12.2. The molecule has 0 fully saturated rings. The molecule has 11 heteroatoms. The van der Waals surface area contributed by atoms with E-state index in [0.29, 0.717) is 5.69 Å². The molecular weight excluding hydrogens is 378 g/mol. The minimum absolute atomic E-state index is 0.0313. The molecule has 0 bridgehead atoms. The Morgan fingerprint density at radius 1 is 1.35 bits per heavy atom. The monoisotopic (exact) mass is 397 g/mol. The van der Waals surface area contributed by atoms with Crippen molar-refractivity contribution in [1.82, 2.24) is 14.3 Å². The molecule has 1 heterocycles. The number of thioether (sulfide) groups is 1. The fraction of sp³-hybridized carbons (Fsp3) is 0.267. The first-order chi connectivity index (χ1) is 12.1. The molecule has 0 aliphatic rings. The summed E-state index contributed by atoms with van der Waals surface area (Å²) in [4.78, 5) is 30.0. The van der Waals surface area contributed by atoms with Crippen molar-refractivity contribution in [2.45, 2.75) is 17.0 Å². The fourth-order valence-electron chi connectivity index (χ4n) is 1.95. The minimum Gasteiger partial charge on any atom is -0.383 e. The largest absolute Gasteiger partial charge is 0.383 e. The number of nitrogens with two attached hydrogens (primary N) is 1. The Labute approximate surface area is 155 Å². The van der Waals surface area contributed by atoms with Crippen molar-refractivity contribution >= 4 is 39.2 Å². The van der Waals surface area contributed by atoms with Crippen LogP contribution in [0.25, 0.3) is 0 Å². The third-order valence-corrected chi connectivity index (χ3v) is 6.03. The number of sulfonamides is 1. The van der Waals surface area contributed by atoms with Crippen LogP contribution >= 0.6 is 11.8 Å². The lowest BCUT2D eigenvalue weighted by atomic mass is 10.2. The number of H-pyrrole nitrogens is 1. The molecule has 1 aromatic heterocycles. The summed E-state index contributed by atoms with van der Waals surface area (Å²) in [5.74, 6) is -0.340. The molecule has 26 heavy (non-hydrogen) atoms. The van der Waals surface area contributed by atoms with Gasteiger partial charge in [-0.05, 0) is 24.6 Å². The molecule has 140 valence electrons. The molecule has 1 aromatic carbocycles. The highest BCUT2D eigenvalue weighted by Gasteiger charge is 2.18. The molecule has 0 atom stereocenters. The SMILES string of the molecule is Cc1ccc(S(=O)(=O)N(C)C)cc1NC(=O)CSc1nc(N)cc(=O)[nH]1. The van der Waals surface area contributed by atoms with E-state index in [9.17, 15) is 18.0 Å². The van der Waals surface area contributed by atoms with Crippen molar-refractivity contribution in [3.8, 4) is 0 Å². The number of nitrogen functional groups attached to an aromatic ring is 1. The lowest BCUT2D eigenvalue weighted by Crippen LogP contribution is -2.22. The van der Waals surface area contributed by atoms with Gasteiger partial charge in [-0.2, -0.15) is 0 Å². The molecule has 0 radical (unpaired) electrons. The quantitative estimate of drug-likeness (QED) is 0.480. The van der Waals surface area contributed by atoms with Gasteiger partial charge in [0.1, 0.15) is 5.82 Å². The van der Waals surface area contributed by atoms with E-state index in [-0.39, 0.29) is 27.5 Å². The Balaban J connectivity index is 2.12. The normalized spacial score (nSPS) is 11.5. The van der Waals surface area contributed by atoms with Gasteiger partial charge in [0, 0.05) is 25.8 Å². The van der Waals surface area contributed by atoms with E-state index >= 15 is 0 Å². The summed E-state index contributed by atoms with van der Waals surface area (Å²) in [6.07, 6.45) is 0. The Bertz CT molecular complexity index is 986.